The molecule has 0 aliphatic heterocycles. The van der Waals surface area contributed by atoms with E-state index >= 15 is 0 Å². The lowest BCUT2D eigenvalue weighted by Gasteiger charge is -2.03. The van der Waals surface area contributed by atoms with Gasteiger partial charge in [0.2, 0.25) is 0 Å². The quantitative estimate of drug-likeness (QED) is 0.773. The minimum atomic E-state index is -0.983. The molecule has 3 aromatic rings. The molecule has 2 heterocycles. The van der Waals surface area contributed by atoms with E-state index in [0.29, 0.717) is 17.6 Å². The molecule has 0 aliphatic carbocycles. The standard InChI is InChI=1S/C16H15N3O2/c1-9-3-4-11(7-10(9)2)8-13-18-14-12(16(20)21)5-6-17-15(14)19-13/h3-7H,8H2,1-2H3,(H,20,21)(H,17,18,19). The second-order valence-electron chi connectivity index (χ2n) is 5.14. The number of aromatic amines is 1. The monoisotopic (exact) mass is 281 g/mol. The number of aryl methyl sites for hydroxylation is 2. The van der Waals surface area contributed by atoms with E-state index < -0.39 is 5.97 Å². The van der Waals surface area contributed by atoms with Gasteiger partial charge in [0.25, 0.3) is 0 Å². The predicted molar refractivity (Wildman–Crippen MR) is 79.6 cm³/mol. The van der Waals surface area contributed by atoms with E-state index in [1.165, 1.54) is 23.4 Å². The van der Waals surface area contributed by atoms with Crippen molar-refractivity contribution in [2.75, 3.05) is 0 Å². The van der Waals surface area contributed by atoms with E-state index in [-0.39, 0.29) is 5.56 Å². The summed E-state index contributed by atoms with van der Waals surface area (Å²) in [5.74, 6) is -0.266. The fraction of sp³-hybridized carbons (Fsp3) is 0.188. The third-order valence-electron chi connectivity index (χ3n) is 3.61. The molecule has 5 heteroatoms. The van der Waals surface area contributed by atoms with Crippen LogP contribution < -0.4 is 0 Å². The zero-order valence-electron chi connectivity index (χ0n) is 11.8. The molecule has 0 saturated carbocycles. The van der Waals surface area contributed by atoms with Crippen LogP contribution >= 0.6 is 0 Å². The fourth-order valence-corrected chi connectivity index (χ4v) is 2.33. The Morgan fingerprint density at radius 3 is 2.76 bits per heavy atom. The van der Waals surface area contributed by atoms with E-state index in [1.54, 1.807) is 0 Å². The van der Waals surface area contributed by atoms with Crippen LogP contribution in [0.25, 0.3) is 11.2 Å². The number of carboxylic acid groups (broad SMARTS) is 1. The van der Waals surface area contributed by atoms with E-state index in [4.69, 9.17) is 0 Å². The third kappa shape index (κ3) is 2.50. The number of H-pyrrole nitrogens is 1. The molecular formula is C16H15N3O2. The van der Waals surface area contributed by atoms with Crippen LogP contribution in [0.2, 0.25) is 0 Å². The van der Waals surface area contributed by atoms with Gasteiger partial charge in [-0.25, -0.2) is 14.8 Å². The predicted octanol–water partition coefficient (Wildman–Crippen LogP) is 2.86. The Kier molecular flexibility index (Phi) is 3.17. The maximum atomic E-state index is 11.2. The molecular weight excluding hydrogens is 266 g/mol. The van der Waals surface area contributed by atoms with Gasteiger partial charge in [0.1, 0.15) is 5.82 Å². The molecule has 0 aliphatic rings. The summed E-state index contributed by atoms with van der Waals surface area (Å²) in [5.41, 5.74) is 4.72. The molecule has 5 nitrogen and oxygen atoms in total. The first-order valence-corrected chi connectivity index (χ1v) is 6.67. The van der Waals surface area contributed by atoms with E-state index in [9.17, 15) is 9.90 Å². The molecule has 0 unspecified atom stereocenters. The van der Waals surface area contributed by atoms with Crippen molar-refractivity contribution in [3.8, 4) is 0 Å². The number of nitrogens with one attached hydrogen (secondary N) is 1. The molecule has 0 atom stereocenters. The first kappa shape index (κ1) is 13.3. The fourth-order valence-electron chi connectivity index (χ4n) is 2.33. The lowest BCUT2D eigenvalue weighted by atomic mass is 10.0. The molecule has 0 radical (unpaired) electrons. The average Bonchev–Trinajstić information content (AvgIpc) is 2.84. The Morgan fingerprint density at radius 2 is 2.05 bits per heavy atom. The van der Waals surface area contributed by atoms with Crippen LogP contribution in [0.1, 0.15) is 32.9 Å². The van der Waals surface area contributed by atoms with Crippen molar-refractivity contribution >= 4 is 17.1 Å². The maximum Gasteiger partial charge on any atom is 0.338 e. The number of hydrogen-bond acceptors (Lipinski definition) is 3. The minimum Gasteiger partial charge on any atom is -0.478 e. The molecule has 21 heavy (non-hydrogen) atoms. The van der Waals surface area contributed by atoms with Crippen LogP contribution in [-0.4, -0.2) is 26.0 Å². The van der Waals surface area contributed by atoms with Gasteiger partial charge in [-0.15, -0.1) is 0 Å². The normalized spacial score (nSPS) is 11.0. The van der Waals surface area contributed by atoms with Gasteiger partial charge < -0.3 is 10.1 Å². The second-order valence-corrected chi connectivity index (χ2v) is 5.14. The highest BCUT2D eigenvalue weighted by Gasteiger charge is 2.13. The Hall–Kier alpha value is -2.69. The number of imidazole rings is 1. The zero-order valence-corrected chi connectivity index (χ0v) is 11.8. The smallest absolute Gasteiger partial charge is 0.338 e. The number of carbonyl (C=O) groups is 1. The topological polar surface area (TPSA) is 78.9 Å². The molecule has 0 bridgehead atoms. The highest BCUT2D eigenvalue weighted by Crippen LogP contribution is 2.17. The third-order valence-corrected chi connectivity index (χ3v) is 3.61. The first-order chi connectivity index (χ1) is 10.0. The molecule has 0 spiro atoms. The van der Waals surface area contributed by atoms with Gasteiger partial charge in [-0.3, -0.25) is 0 Å². The van der Waals surface area contributed by atoms with Crippen molar-refractivity contribution in [3.63, 3.8) is 0 Å². The second kappa shape index (κ2) is 5.01. The number of fused-ring (bicyclic) bond motifs is 1. The number of nitrogens with zero attached hydrogens (tertiary/aromatic N) is 2. The lowest BCUT2D eigenvalue weighted by molar-refractivity contribution is 0.0698. The summed E-state index contributed by atoms with van der Waals surface area (Å²) in [6.07, 6.45) is 2.09. The van der Waals surface area contributed by atoms with Gasteiger partial charge in [0.15, 0.2) is 5.65 Å². The van der Waals surface area contributed by atoms with Gasteiger partial charge in [0, 0.05) is 12.6 Å². The summed E-state index contributed by atoms with van der Waals surface area (Å²) in [6, 6.07) is 7.73. The molecule has 0 fully saturated rings. The SMILES string of the molecule is Cc1ccc(Cc2nc3nccc(C(=O)O)c3[nH]2)cc1C. The van der Waals surface area contributed by atoms with Crippen LogP contribution in [-0.2, 0) is 6.42 Å². The van der Waals surface area contributed by atoms with Crippen molar-refractivity contribution < 1.29 is 9.90 Å². The molecule has 3 rings (SSSR count). The average molecular weight is 281 g/mol. The molecule has 2 aromatic heterocycles. The summed E-state index contributed by atoms with van der Waals surface area (Å²) in [4.78, 5) is 22.7. The number of aromatic nitrogens is 3. The van der Waals surface area contributed by atoms with Gasteiger partial charge >= 0.3 is 5.97 Å². The van der Waals surface area contributed by atoms with Crippen LogP contribution in [0.5, 0.6) is 0 Å². The lowest BCUT2D eigenvalue weighted by Crippen LogP contribution is -1.98. The van der Waals surface area contributed by atoms with Crippen molar-refractivity contribution in [1.29, 1.82) is 0 Å². The van der Waals surface area contributed by atoms with Gasteiger partial charge in [0.05, 0.1) is 11.1 Å². The summed E-state index contributed by atoms with van der Waals surface area (Å²) in [7, 11) is 0. The Morgan fingerprint density at radius 1 is 1.24 bits per heavy atom. The number of pyridine rings is 1. The van der Waals surface area contributed by atoms with E-state index in [1.807, 2.05) is 0 Å². The van der Waals surface area contributed by atoms with Gasteiger partial charge in [-0.2, -0.15) is 0 Å². The highest BCUT2D eigenvalue weighted by molar-refractivity contribution is 5.99. The van der Waals surface area contributed by atoms with E-state index in [2.05, 4.69) is 47.0 Å². The van der Waals surface area contributed by atoms with Crippen molar-refractivity contribution in [1.82, 2.24) is 15.0 Å². The molecule has 1 aromatic carbocycles. The largest absolute Gasteiger partial charge is 0.478 e. The Balaban J connectivity index is 1.99. The number of rotatable bonds is 3. The first-order valence-electron chi connectivity index (χ1n) is 6.67. The maximum absolute atomic E-state index is 11.2. The zero-order chi connectivity index (χ0) is 15.0. The summed E-state index contributed by atoms with van der Waals surface area (Å²) in [5, 5.41) is 9.17. The van der Waals surface area contributed by atoms with Gasteiger partial charge in [-0.1, -0.05) is 18.2 Å². The van der Waals surface area contributed by atoms with Crippen LogP contribution in [0.3, 0.4) is 0 Å². The number of benzene rings is 1. The summed E-state index contributed by atoms with van der Waals surface area (Å²) >= 11 is 0. The Bertz CT molecular complexity index is 837. The number of aromatic carboxylic acids is 1. The molecule has 0 amide bonds. The van der Waals surface area contributed by atoms with Crippen LogP contribution in [0.4, 0.5) is 0 Å². The number of carboxylic acids is 1. The molecule has 2 N–H and O–H groups in total. The minimum absolute atomic E-state index is 0.193. The van der Waals surface area contributed by atoms with E-state index in [0.717, 1.165) is 11.4 Å². The Labute approximate surface area is 121 Å². The molecule has 106 valence electrons. The van der Waals surface area contributed by atoms with Crippen LogP contribution in [0, 0.1) is 13.8 Å². The van der Waals surface area contributed by atoms with Crippen molar-refractivity contribution in [2.24, 2.45) is 0 Å². The summed E-state index contributed by atoms with van der Waals surface area (Å²) in [6.45, 7) is 4.14. The van der Waals surface area contributed by atoms with Crippen molar-refractivity contribution in [2.45, 2.75) is 20.3 Å². The highest BCUT2D eigenvalue weighted by atomic mass is 16.4. The number of hydrogen-bond donors (Lipinski definition) is 2. The van der Waals surface area contributed by atoms with Gasteiger partial charge in [-0.05, 0) is 36.6 Å². The summed E-state index contributed by atoms with van der Waals surface area (Å²) < 4.78 is 0. The van der Waals surface area contributed by atoms with Crippen molar-refractivity contribution in [3.05, 3.63) is 58.5 Å². The molecule has 0 saturated heterocycles. The van der Waals surface area contributed by atoms with Crippen LogP contribution in [0.15, 0.2) is 30.5 Å².